The molecule has 2 heteroatoms. The molecule has 124 valence electrons. The van der Waals surface area contributed by atoms with E-state index in [2.05, 4.69) is 45.9 Å². The topological polar surface area (TPSA) is 18.5 Å². The standard InChI is InChI=1S/C21H28O2/c1-14(2)17-11-18(16-7-9-19(22-5)10-8-16)13-21(23-6)20(12-17)15(3)4/h7-10,13,18H,11-12H2,1-6H3. The summed E-state index contributed by atoms with van der Waals surface area (Å²) < 4.78 is 11.0. The second-order valence-corrected chi connectivity index (χ2v) is 6.58. The van der Waals surface area contributed by atoms with Crippen LogP contribution in [0.4, 0.5) is 0 Å². The summed E-state index contributed by atoms with van der Waals surface area (Å²) in [5.74, 6) is 2.24. The predicted octanol–water partition coefficient (Wildman–Crippen LogP) is 5.78. The van der Waals surface area contributed by atoms with E-state index in [1.165, 1.54) is 27.9 Å². The van der Waals surface area contributed by atoms with Crippen molar-refractivity contribution in [3.05, 3.63) is 64.0 Å². The molecule has 1 aliphatic carbocycles. The summed E-state index contributed by atoms with van der Waals surface area (Å²) in [6.45, 7) is 8.75. The number of methoxy groups -OCH3 is 2. The van der Waals surface area contributed by atoms with Gasteiger partial charge >= 0.3 is 0 Å². The van der Waals surface area contributed by atoms with Crippen molar-refractivity contribution in [3.63, 3.8) is 0 Å². The number of hydrogen-bond donors (Lipinski definition) is 0. The maximum Gasteiger partial charge on any atom is 0.118 e. The van der Waals surface area contributed by atoms with Crippen molar-refractivity contribution < 1.29 is 9.47 Å². The summed E-state index contributed by atoms with van der Waals surface area (Å²) in [5.41, 5.74) is 6.86. The predicted molar refractivity (Wildman–Crippen MR) is 96.8 cm³/mol. The minimum Gasteiger partial charge on any atom is -0.497 e. The highest BCUT2D eigenvalue weighted by atomic mass is 16.5. The molecule has 0 N–H and O–H groups in total. The minimum atomic E-state index is 0.331. The molecular weight excluding hydrogens is 284 g/mol. The van der Waals surface area contributed by atoms with Gasteiger partial charge in [-0.3, -0.25) is 0 Å². The molecule has 1 aromatic carbocycles. The van der Waals surface area contributed by atoms with Crippen LogP contribution in [0.3, 0.4) is 0 Å². The maximum absolute atomic E-state index is 5.73. The highest BCUT2D eigenvalue weighted by Gasteiger charge is 2.22. The fourth-order valence-corrected chi connectivity index (χ4v) is 3.04. The Hall–Kier alpha value is -1.96. The lowest BCUT2D eigenvalue weighted by Gasteiger charge is -2.15. The van der Waals surface area contributed by atoms with Gasteiger partial charge in [0.25, 0.3) is 0 Å². The van der Waals surface area contributed by atoms with E-state index in [0.29, 0.717) is 5.92 Å². The number of hydrogen-bond acceptors (Lipinski definition) is 2. The molecule has 0 saturated carbocycles. The second-order valence-electron chi connectivity index (χ2n) is 6.58. The van der Waals surface area contributed by atoms with Crippen LogP contribution in [0.15, 0.2) is 58.4 Å². The molecule has 1 unspecified atom stereocenters. The largest absolute Gasteiger partial charge is 0.497 e. The Balaban J connectivity index is 2.49. The van der Waals surface area contributed by atoms with E-state index in [1.807, 2.05) is 12.1 Å². The molecule has 0 bridgehead atoms. The van der Waals surface area contributed by atoms with Crippen LogP contribution in [0.5, 0.6) is 5.75 Å². The monoisotopic (exact) mass is 312 g/mol. The molecule has 0 aliphatic heterocycles. The summed E-state index contributed by atoms with van der Waals surface area (Å²) >= 11 is 0. The summed E-state index contributed by atoms with van der Waals surface area (Å²) in [4.78, 5) is 0. The van der Waals surface area contributed by atoms with Gasteiger partial charge in [-0.2, -0.15) is 0 Å². The summed E-state index contributed by atoms with van der Waals surface area (Å²) in [5, 5.41) is 0. The molecule has 2 rings (SSSR count). The molecule has 0 fully saturated rings. The Labute approximate surface area is 140 Å². The Morgan fingerprint density at radius 1 is 0.913 bits per heavy atom. The zero-order valence-electron chi connectivity index (χ0n) is 15.2. The van der Waals surface area contributed by atoms with Crippen LogP contribution >= 0.6 is 0 Å². The van der Waals surface area contributed by atoms with E-state index in [9.17, 15) is 0 Å². The first-order valence-electron chi connectivity index (χ1n) is 8.18. The first-order chi connectivity index (χ1) is 11.0. The summed E-state index contributed by atoms with van der Waals surface area (Å²) in [7, 11) is 3.47. The molecule has 1 aromatic rings. The van der Waals surface area contributed by atoms with Crippen LogP contribution in [-0.2, 0) is 4.74 Å². The third-order valence-electron chi connectivity index (χ3n) is 4.58. The Kier molecular flexibility index (Phi) is 5.70. The van der Waals surface area contributed by atoms with Gasteiger partial charge in [-0.25, -0.2) is 0 Å². The van der Waals surface area contributed by atoms with Gasteiger partial charge in [0.1, 0.15) is 11.5 Å². The molecule has 0 radical (unpaired) electrons. The molecule has 0 heterocycles. The number of ether oxygens (including phenoxy) is 2. The zero-order valence-corrected chi connectivity index (χ0v) is 15.2. The van der Waals surface area contributed by atoms with E-state index in [1.54, 1.807) is 14.2 Å². The van der Waals surface area contributed by atoms with Crippen LogP contribution in [0.1, 0.15) is 52.0 Å². The molecule has 1 atom stereocenters. The Morgan fingerprint density at radius 3 is 2.04 bits per heavy atom. The van der Waals surface area contributed by atoms with E-state index in [4.69, 9.17) is 9.47 Å². The van der Waals surface area contributed by atoms with E-state index < -0.39 is 0 Å². The average molecular weight is 312 g/mol. The molecule has 0 spiro atoms. The molecule has 23 heavy (non-hydrogen) atoms. The van der Waals surface area contributed by atoms with E-state index in [0.717, 1.165) is 24.4 Å². The van der Waals surface area contributed by atoms with Crippen molar-refractivity contribution in [1.29, 1.82) is 0 Å². The first kappa shape index (κ1) is 17.4. The fraction of sp³-hybridized carbons (Fsp3) is 0.429. The molecule has 0 aromatic heterocycles. The van der Waals surface area contributed by atoms with Crippen molar-refractivity contribution in [2.75, 3.05) is 14.2 Å². The zero-order chi connectivity index (χ0) is 17.0. The van der Waals surface area contributed by atoms with Gasteiger partial charge in [-0.1, -0.05) is 28.9 Å². The van der Waals surface area contributed by atoms with Crippen LogP contribution < -0.4 is 4.74 Å². The van der Waals surface area contributed by atoms with E-state index in [-0.39, 0.29) is 0 Å². The lowest BCUT2D eigenvalue weighted by molar-refractivity contribution is 0.297. The van der Waals surface area contributed by atoms with Gasteiger partial charge in [0, 0.05) is 5.92 Å². The lowest BCUT2D eigenvalue weighted by atomic mass is 9.90. The van der Waals surface area contributed by atoms with Gasteiger partial charge in [0.2, 0.25) is 0 Å². The van der Waals surface area contributed by atoms with Crippen LogP contribution in [0.25, 0.3) is 0 Å². The van der Waals surface area contributed by atoms with Crippen LogP contribution in [0, 0.1) is 0 Å². The first-order valence-corrected chi connectivity index (χ1v) is 8.18. The highest BCUT2D eigenvalue weighted by molar-refractivity contribution is 5.42. The molecule has 2 nitrogen and oxygen atoms in total. The minimum absolute atomic E-state index is 0.331. The van der Waals surface area contributed by atoms with Crippen molar-refractivity contribution in [1.82, 2.24) is 0 Å². The van der Waals surface area contributed by atoms with Crippen molar-refractivity contribution in [2.24, 2.45) is 0 Å². The number of rotatable bonds is 3. The number of benzene rings is 1. The smallest absolute Gasteiger partial charge is 0.118 e. The number of allylic oxidation sites excluding steroid dienone is 5. The fourth-order valence-electron chi connectivity index (χ4n) is 3.04. The van der Waals surface area contributed by atoms with Crippen LogP contribution in [-0.4, -0.2) is 14.2 Å². The van der Waals surface area contributed by atoms with Gasteiger partial charge < -0.3 is 9.47 Å². The molecular formula is C21H28O2. The normalized spacial score (nSPS) is 18.2. The van der Waals surface area contributed by atoms with Gasteiger partial charge in [-0.05, 0) is 69.9 Å². The van der Waals surface area contributed by atoms with E-state index >= 15 is 0 Å². The summed E-state index contributed by atoms with van der Waals surface area (Å²) in [6, 6.07) is 8.38. The third kappa shape index (κ3) is 4.07. The van der Waals surface area contributed by atoms with Gasteiger partial charge in [-0.15, -0.1) is 0 Å². The SMILES string of the molecule is COC1=CC(c2ccc(OC)cc2)CC(=C(C)C)CC1=C(C)C. The Bertz CT molecular complexity index is 637. The second kappa shape index (κ2) is 7.54. The molecule has 0 amide bonds. The third-order valence-corrected chi connectivity index (χ3v) is 4.58. The molecule has 0 saturated heterocycles. The lowest BCUT2D eigenvalue weighted by Crippen LogP contribution is -1.98. The average Bonchev–Trinajstić information content (AvgIpc) is 2.74. The maximum atomic E-state index is 5.73. The van der Waals surface area contributed by atoms with Gasteiger partial charge in [0.05, 0.1) is 14.2 Å². The summed E-state index contributed by atoms with van der Waals surface area (Å²) in [6.07, 6.45) is 4.30. The van der Waals surface area contributed by atoms with Crippen molar-refractivity contribution >= 4 is 0 Å². The van der Waals surface area contributed by atoms with Crippen molar-refractivity contribution in [3.8, 4) is 5.75 Å². The highest BCUT2D eigenvalue weighted by Crippen LogP contribution is 2.38. The Morgan fingerprint density at radius 2 is 1.57 bits per heavy atom. The molecule has 1 aliphatic rings. The van der Waals surface area contributed by atoms with Crippen molar-refractivity contribution in [2.45, 2.75) is 46.5 Å². The van der Waals surface area contributed by atoms with Crippen LogP contribution in [0.2, 0.25) is 0 Å². The quantitative estimate of drug-likeness (QED) is 0.659. The van der Waals surface area contributed by atoms with Gasteiger partial charge in [0.15, 0.2) is 0 Å².